The van der Waals surface area contributed by atoms with Crippen LogP contribution in [0, 0.1) is 11.8 Å². The minimum atomic E-state index is -0.725. The molecule has 21 heavy (non-hydrogen) atoms. The van der Waals surface area contributed by atoms with Crippen LogP contribution in [0.5, 0.6) is 11.5 Å². The van der Waals surface area contributed by atoms with Crippen molar-refractivity contribution in [2.45, 2.75) is 51.6 Å². The van der Waals surface area contributed by atoms with Crippen molar-refractivity contribution in [1.82, 2.24) is 0 Å². The number of benzene rings is 1. The summed E-state index contributed by atoms with van der Waals surface area (Å²) in [5.41, 5.74) is 0.228. The quantitative estimate of drug-likeness (QED) is 0.887. The number of hydrogen-bond donors (Lipinski definition) is 1. The number of rotatable bonds is 5. The Balaban J connectivity index is 2.22. The van der Waals surface area contributed by atoms with Crippen LogP contribution in [0.1, 0.15) is 51.5 Å². The van der Waals surface area contributed by atoms with Crippen LogP contribution >= 0.6 is 0 Å². The first kappa shape index (κ1) is 16.2. The summed E-state index contributed by atoms with van der Waals surface area (Å²) in [5.74, 6) is 2.69. The first-order valence-corrected chi connectivity index (χ1v) is 7.93. The fourth-order valence-electron chi connectivity index (χ4n) is 3.62. The molecule has 1 aliphatic rings. The van der Waals surface area contributed by atoms with Crippen LogP contribution < -0.4 is 9.47 Å². The molecule has 0 aliphatic heterocycles. The van der Waals surface area contributed by atoms with Crippen molar-refractivity contribution in [1.29, 1.82) is 0 Å². The Labute approximate surface area is 128 Å². The average molecular weight is 292 g/mol. The van der Waals surface area contributed by atoms with Gasteiger partial charge in [-0.1, -0.05) is 26.3 Å². The number of hydrogen-bond acceptors (Lipinski definition) is 3. The van der Waals surface area contributed by atoms with Gasteiger partial charge < -0.3 is 14.6 Å². The maximum atomic E-state index is 11.1. The van der Waals surface area contributed by atoms with E-state index in [0.29, 0.717) is 23.3 Å². The molecule has 0 bridgehead atoms. The zero-order chi connectivity index (χ0) is 15.5. The number of methoxy groups -OCH3 is 2. The Hall–Kier alpha value is -1.22. The third kappa shape index (κ3) is 3.70. The zero-order valence-corrected chi connectivity index (χ0v) is 13.7. The predicted octanol–water partition coefficient (Wildman–Crippen LogP) is 4.13. The molecule has 3 nitrogen and oxygen atoms in total. The lowest BCUT2D eigenvalue weighted by molar-refractivity contribution is -0.0246. The summed E-state index contributed by atoms with van der Waals surface area (Å²) in [4.78, 5) is 0. The van der Waals surface area contributed by atoms with E-state index in [1.807, 2.05) is 18.2 Å². The minimum absolute atomic E-state index is 0.608. The van der Waals surface area contributed by atoms with Gasteiger partial charge in [-0.05, 0) is 55.2 Å². The van der Waals surface area contributed by atoms with E-state index in [2.05, 4.69) is 13.8 Å². The van der Waals surface area contributed by atoms with E-state index < -0.39 is 5.60 Å². The zero-order valence-electron chi connectivity index (χ0n) is 13.7. The SMILES string of the molecule is COc1ccc(C2(O)CCCC(CC(C)C)C2)cc1OC. The van der Waals surface area contributed by atoms with Crippen LogP contribution in [0.25, 0.3) is 0 Å². The second kappa shape index (κ2) is 6.69. The summed E-state index contributed by atoms with van der Waals surface area (Å²) in [6.45, 7) is 4.51. The lowest BCUT2D eigenvalue weighted by atomic mass is 9.72. The van der Waals surface area contributed by atoms with Gasteiger partial charge in [0.2, 0.25) is 0 Å². The molecule has 1 fully saturated rings. The van der Waals surface area contributed by atoms with Crippen LogP contribution in [0.4, 0.5) is 0 Å². The molecule has 0 heterocycles. The maximum absolute atomic E-state index is 11.1. The van der Waals surface area contributed by atoms with Crippen LogP contribution in [-0.4, -0.2) is 19.3 Å². The summed E-state index contributed by atoms with van der Waals surface area (Å²) < 4.78 is 10.6. The van der Waals surface area contributed by atoms with Gasteiger partial charge in [-0.25, -0.2) is 0 Å². The van der Waals surface area contributed by atoms with E-state index in [1.165, 1.54) is 12.8 Å². The van der Waals surface area contributed by atoms with Gasteiger partial charge in [0, 0.05) is 0 Å². The highest BCUT2D eigenvalue weighted by Crippen LogP contribution is 2.43. The van der Waals surface area contributed by atoms with E-state index in [-0.39, 0.29) is 0 Å². The van der Waals surface area contributed by atoms with Crippen LogP contribution in [0.15, 0.2) is 18.2 Å². The Morgan fingerprint density at radius 2 is 1.95 bits per heavy atom. The Kier molecular flexibility index (Phi) is 5.15. The highest BCUT2D eigenvalue weighted by molar-refractivity contribution is 5.44. The van der Waals surface area contributed by atoms with Gasteiger partial charge in [0.05, 0.1) is 19.8 Å². The monoisotopic (exact) mass is 292 g/mol. The fraction of sp³-hybridized carbons (Fsp3) is 0.667. The van der Waals surface area contributed by atoms with E-state index >= 15 is 0 Å². The summed E-state index contributed by atoms with van der Waals surface area (Å²) in [7, 11) is 3.26. The van der Waals surface area contributed by atoms with E-state index in [9.17, 15) is 5.11 Å². The van der Waals surface area contributed by atoms with Gasteiger partial charge in [0.25, 0.3) is 0 Å². The molecule has 1 saturated carbocycles. The third-order valence-corrected chi connectivity index (χ3v) is 4.55. The maximum Gasteiger partial charge on any atom is 0.161 e. The number of aliphatic hydroxyl groups is 1. The van der Waals surface area contributed by atoms with Gasteiger partial charge in [-0.3, -0.25) is 0 Å². The normalized spacial score (nSPS) is 25.9. The van der Waals surface area contributed by atoms with Crippen molar-refractivity contribution in [3.8, 4) is 11.5 Å². The second-order valence-electron chi connectivity index (χ2n) is 6.69. The highest BCUT2D eigenvalue weighted by atomic mass is 16.5. The van der Waals surface area contributed by atoms with Crippen LogP contribution in [0.2, 0.25) is 0 Å². The third-order valence-electron chi connectivity index (χ3n) is 4.55. The van der Waals surface area contributed by atoms with Gasteiger partial charge in [-0.2, -0.15) is 0 Å². The summed E-state index contributed by atoms with van der Waals surface area (Å²) in [5, 5.41) is 11.1. The van der Waals surface area contributed by atoms with Crippen molar-refractivity contribution in [2.24, 2.45) is 11.8 Å². The molecular weight excluding hydrogens is 264 g/mol. The molecule has 2 unspecified atom stereocenters. The molecule has 118 valence electrons. The van der Waals surface area contributed by atoms with Crippen LogP contribution in [0.3, 0.4) is 0 Å². The molecular formula is C18H28O3. The smallest absolute Gasteiger partial charge is 0.161 e. The predicted molar refractivity (Wildman–Crippen MR) is 84.9 cm³/mol. The van der Waals surface area contributed by atoms with Gasteiger partial charge >= 0.3 is 0 Å². The standard InChI is InChI=1S/C18H28O3/c1-13(2)10-14-6-5-9-18(19,12-14)15-7-8-16(20-3)17(11-15)21-4/h7-8,11,13-14,19H,5-6,9-10,12H2,1-4H3. The van der Waals surface area contributed by atoms with Crippen molar-refractivity contribution < 1.29 is 14.6 Å². The first-order valence-electron chi connectivity index (χ1n) is 7.93. The first-order chi connectivity index (χ1) is 9.98. The molecule has 0 saturated heterocycles. The molecule has 1 aliphatic carbocycles. The Bertz CT molecular complexity index is 470. The second-order valence-corrected chi connectivity index (χ2v) is 6.69. The highest BCUT2D eigenvalue weighted by Gasteiger charge is 2.36. The summed E-state index contributed by atoms with van der Waals surface area (Å²) in [6, 6.07) is 5.79. The Morgan fingerprint density at radius 1 is 1.24 bits per heavy atom. The van der Waals surface area contributed by atoms with Crippen molar-refractivity contribution in [2.75, 3.05) is 14.2 Å². The molecule has 0 amide bonds. The molecule has 0 spiro atoms. The minimum Gasteiger partial charge on any atom is -0.493 e. The summed E-state index contributed by atoms with van der Waals surface area (Å²) in [6.07, 6.45) is 5.18. The number of ether oxygens (including phenoxy) is 2. The topological polar surface area (TPSA) is 38.7 Å². The molecule has 2 rings (SSSR count). The van der Waals surface area contributed by atoms with E-state index in [1.54, 1.807) is 14.2 Å². The molecule has 3 heteroatoms. The fourth-order valence-corrected chi connectivity index (χ4v) is 3.62. The Morgan fingerprint density at radius 3 is 2.57 bits per heavy atom. The molecule has 1 N–H and O–H groups in total. The van der Waals surface area contributed by atoms with Gasteiger partial charge in [0.1, 0.15) is 0 Å². The molecule has 1 aromatic rings. The molecule has 0 aromatic heterocycles. The largest absolute Gasteiger partial charge is 0.493 e. The average Bonchev–Trinajstić information content (AvgIpc) is 2.45. The lowest BCUT2D eigenvalue weighted by Gasteiger charge is -2.38. The van der Waals surface area contributed by atoms with Crippen molar-refractivity contribution >= 4 is 0 Å². The summed E-state index contributed by atoms with van der Waals surface area (Å²) >= 11 is 0. The van der Waals surface area contributed by atoms with Crippen molar-refractivity contribution in [3.05, 3.63) is 23.8 Å². The van der Waals surface area contributed by atoms with Gasteiger partial charge in [-0.15, -0.1) is 0 Å². The lowest BCUT2D eigenvalue weighted by Crippen LogP contribution is -2.33. The molecule has 1 aromatic carbocycles. The molecule has 2 atom stereocenters. The molecule has 0 radical (unpaired) electrons. The van der Waals surface area contributed by atoms with Crippen LogP contribution in [-0.2, 0) is 5.60 Å². The van der Waals surface area contributed by atoms with E-state index in [0.717, 1.165) is 24.8 Å². The van der Waals surface area contributed by atoms with Gasteiger partial charge in [0.15, 0.2) is 11.5 Å². The van der Waals surface area contributed by atoms with Crippen molar-refractivity contribution in [3.63, 3.8) is 0 Å². The van der Waals surface area contributed by atoms with E-state index in [4.69, 9.17) is 9.47 Å².